The molecular formula is C41H33N6Pr3-3. The first-order valence-electron chi connectivity index (χ1n) is 15.5. The van der Waals surface area contributed by atoms with E-state index < -0.39 is 0 Å². The Labute approximate surface area is 391 Å². The zero-order valence-electron chi connectivity index (χ0n) is 27.9. The van der Waals surface area contributed by atoms with Gasteiger partial charge in [-0.25, -0.2) is 4.98 Å². The van der Waals surface area contributed by atoms with E-state index in [4.69, 9.17) is 17.2 Å². The first-order chi connectivity index (χ1) is 23.1. The fraction of sp³-hybridized carbons (Fsp3) is 0.0488. The second-order valence-electron chi connectivity index (χ2n) is 10.5. The normalized spacial score (nSPS) is 9.96. The molecule has 9 aromatic rings. The van der Waals surface area contributed by atoms with E-state index in [2.05, 4.69) is 27.1 Å². The van der Waals surface area contributed by atoms with Crippen LogP contribution in [0, 0.1) is 136 Å². The van der Waals surface area contributed by atoms with Gasteiger partial charge in [-0.05, 0) is 62.8 Å². The van der Waals surface area contributed by atoms with Gasteiger partial charge < -0.3 is 17.2 Å². The number of nitrogen functional groups attached to an aromatic ring is 2. The third kappa shape index (κ3) is 9.24. The van der Waals surface area contributed by atoms with Crippen molar-refractivity contribution in [1.29, 1.82) is 0 Å². The Morgan fingerprint density at radius 1 is 0.460 bits per heavy atom. The number of rotatable bonds is 0. The molecule has 0 unspecified atom stereocenters. The molecule has 6 aromatic carbocycles. The minimum Gasteiger partial charge on any atom is -0.698 e. The van der Waals surface area contributed by atoms with E-state index in [1.807, 2.05) is 147 Å². The molecule has 9 heteroatoms. The van der Waals surface area contributed by atoms with Crippen LogP contribution >= 0.6 is 0 Å². The molecule has 50 heavy (non-hydrogen) atoms. The topological polar surface area (TPSA) is 115 Å². The molecule has 0 saturated heterocycles. The maximum absolute atomic E-state index is 8.09. The Hall–Kier alpha value is -2.18. The Kier molecular flexibility index (Phi) is 17.0. The Bertz CT molecular complexity index is 2070. The summed E-state index contributed by atoms with van der Waals surface area (Å²) in [7, 11) is 0. The van der Waals surface area contributed by atoms with E-state index in [-0.39, 0.29) is 124 Å². The van der Waals surface area contributed by atoms with Crippen LogP contribution in [-0.4, -0.2) is 15.0 Å². The standard InChI is InChI=1S/3C13H9N2.C2H6.3Pr/c3*14-13-9-5-1-3-7-11(9)15-12-8-4-2-6-10(12)13;1-2;;;/h1,3-8H,(H2,14,15);1-5,7-8H,(H2,14,15);1-8H,(H-,14,15);1-2H3;;;/q3*-1;;;;. The van der Waals surface area contributed by atoms with Crippen molar-refractivity contribution in [2.45, 2.75) is 13.8 Å². The second kappa shape index (κ2) is 20.2. The van der Waals surface area contributed by atoms with Gasteiger partial charge in [-0.1, -0.05) is 92.0 Å². The summed E-state index contributed by atoms with van der Waals surface area (Å²) in [6, 6.07) is 48.9. The molecule has 0 bridgehead atoms. The van der Waals surface area contributed by atoms with Crippen LogP contribution in [0.1, 0.15) is 13.8 Å². The molecule has 3 heterocycles. The van der Waals surface area contributed by atoms with Crippen molar-refractivity contribution in [1.82, 2.24) is 15.0 Å². The van der Waals surface area contributed by atoms with E-state index in [0.717, 1.165) is 76.8 Å². The van der Waals surface area contributed by atoms with Crippen LogP contribution in [-0.2, 0) is 0 Å². The molecular weight excluding hydrogens is 999 g/mol. The fourth-order valence-electron chi connectivity index (χ4n) is 5.45. The third-order valence-electron chi connectivity index (χ3n) is 7.69. The first-order valence-corrected chi connectivity index (χ1v) is 15.5. The summed E-state index contributed by atoms with van der Waals surface area (Å²) in [4.78, 5) is 13.6. The summed E-state index contributed by atoms with van der Waals surface area (Å²) < 4.78 is 0. The number of aromatic nitrogens is 3. The van der Waals surface area contributed by atoms with Crippen LogP contribution in [0.3, 0.4) is 0 Å². The zero-order valence-corrected chi connectivity index (χ0v) is 39.0. The molecule has 5 N–H and O–H groups in total. The van der Waals surface area contributed by atoms with Gasteiger partial charge in [0.1, 0.15) is 0 Å². The van der Waals surface area contributed by atoms with Crippen LogP contribution in [0.5, 0.6) is 0 Å². The predicted octanol–water partition coefficient (Wildman–Crippen LogP) is 10.6. The van der Waals surface area contributed by atoms with Gasteiger partial charge in [-0.2, -0.15) is 18.2 Å². The smallest absolute Gasteiger partial charge is 0.0697 e. The first kappa shape index (κ1) is 42.2. The van der Waals surface area contributed by atoms with Crippen molar-refractivity contribution in [3.8, 4) is 0 Å². The largest absolute Gasteiger partial charge is 0.698 e. The summed E-state index contributed by atoms with van der Waals surface area (Å²) in [6.07, 6.45) is 0. The Balaban J connectivity index is 0.000000192. The summed E-state index contributed by atoms with van der Waals surface area (Å²) in [5.74, 6) is 0. The number of benzene rings is 6. The third-order valence-corrected chi connectivity index (χ3v) is 7.69. The molecule has 3 radical (unpaired) electrons. The number of nitrogens with zero attached hydrogens (tertiary/aromatic N) is 3. The molecule has 0 fully saturated rings. The van der Waals surface area contributed by atoms with Crippen LogP contribution < -0.4 is 11.5 Å². The SMILES string of the molecule is CC.Nc1c2[c-]cccc2nc2ccccc12.Nc1c2c[c-]ccc2nc2ccccc12.[NH-]c1c2ccccc2nc2ccccc12.[Pr].[Pr].[Pr]. The number of para-hydroxylation sites is 4. The van der Waals surface area contributed by atoms with Crippen molar-refractivity contribution in [2.24, 2.45) is 0 Å². The molecule has 0 aliphatic carbocycles. The molecule has 0 aliphatic heterocycles. The van der Waals surface area contributed by atoms with Crippen molar-refractivity contribution in [3.05, 3.63) is 151 Å². The summed E-state index contributed by atoms with van der Waals surface area (Å²) in [5, 5.41) is 5.69. The number of hydrogen-bond acceptors (Lipinski definition) is 5. The maximum Gasteiger partial charge on any atom is 0.0697 e. The number of nitrogens with one attached hydrogen (secondary N) is 1. The van der Waals surface area contributed by atoms with Gasteiger partial charge in [0.25, 0.3) is 0 Å². The molecule has 0 spiro atoms. The van der Waals surface area contributed by atoms with Gasteiger partial charge in [0, 0.05) is 129 Å². The van der Waals surface area contributed by atoms with Crippen LogP contribution in [0.2, 0.25) is 0 Å². The van der Waals surface area contributed by atoms with Crippen LogP contribution in [0.15, 0.2) is 133 Å². The molecule has 6 nitrogen and oxygen atoms in total. The van der Waals surface area contributed by atoms with Gasteiger partial charge in [0.2, 0.25) is 0 Å². The summed E-state index contributed by atoms with van der Waals surface area (Å²) in [5.41, 5.74) is 27.9. The number of nitrogens with two attached hydrogens (primary N) is 2. The molecule has 0 saturated carbocycles. The molecule has 0 aliphatic rings. The van der Waals surface area contributed by atoms with Gasteiger partial charge in [0.05, 0.1) is 22.1 Å². The van der Waals surface area contributed by atoms with E-state index in [0.29, 0.717) is 5.69 Å². The molecule has 3 aromatic heterocycles. The van der Waals surface area contributed by atoms with E-state index in [1.54, 1.807) is 0 Å². The zero-order chi connectivity index (χ0) is 32.8. The van der Waals surface area contributed by atoms with Gasteiger partial charge >= 0.3 is 0 Å². The maximum atomic E-state index is 8.09. The van der Waals surface area contributed by atoms with Crippen molar-refractivity contribution < 1.29 is 124 Å². The Morgan fingerprint density at radius 3 is 1.40 bits per heavy atom. The quantitative estimate of drug-likeness (QED) is 0.116. The van der Waals surface area contributed by atoms with Gasteiger partial charge in [0.15, 0.2) is 0 Å². The van der Waals surface area contributed by atoms with Crippen molar-refractivity contribution in [2.75, 3.05) is 11.5 Å². The van der Waals surface area contributed by atoms with Gasteiger partial charge in [-0.15, -0.1) is 41.4 Å². The molecule has 9 rings (SSSR count). The second-order valence-corrected chi connectivity index (χ2v) is 10.5. The van der Waals surface area contributed by atoms with Crippen molar-refractivity contribution in [3.63, 3.8) is 0 Å². The minimum atomic E-state index is 0. The van der Waals surface area contributed by atoms with Gasteiger partial charge in [-0.3, -0.25) is 9.97 Å². The average molecular weight is 1030 g/mol. The fourth-order valence-corrected chi connectivity index (χ4v) is 5.45. The van der Waals surface area contributed by atoms with E-state index in [1.165, 1.54) is 0 Å². The minimum absolute atomic E-state index is 0. The van der Waals surface area contributed by atoms with E-state index >= 15 is 0 Å². The Morgan fingerprint density at radius 2 is 0.860 bits per heavy atom. The molecule has 0 amide bonds. The monoisotopic (exact) mass is 1030 g/mol. The number of fused-ring (bicyclic) bond motifs is 6. The summed E-state index contributed by atoms with van der Waals surface area (Å²) >= 11 is 0. The number of hydrogen-bond donors (Lipinski definition) is 2. The summed E-state index contributed by atoms with van der Waals surface area (Å²) in [6.45, 7) is 4.00. The number of pyridine rings is 3. The average Bonchev–Trinajstić information content (AvgIpc) is 3.14. The predicted molar refractivity (Wildman–Crippen MR) is 200 cm³/mol. The molecule has 0 atom stereocenters. The molecule has 239 valence electrons. The van der Waals surface area contributed by atoms with Crippen LogP contribution in [0.4, 0.5) is 17.1 Å². The van der Waals surface area contributed by atoms with Crippen molar-refractivity contribution >= 4 is 82.5 Å². The number of anilines is 2. The van der Waals surface area contributed by atoms with E-state index in [9.17, 15) is 0 Å². The van der Waals surface area contributed by atoms with Crippen LogP contribution in [0.25, 0.3) is 71.2 Å².